The first kappa shape index (κ1) is 18.6. The van der Waals surface area contributed by atoms with E-state index in [1.54, 1.807) is 18.2 Å². The van der Waals surface area contributed by atoms with E-state index in [1.165, 1.54) is 33.0 Å². The van der Waals surface area contributed by atoms with Gasteiger partial charge in [-0.15, -0.1) is 0 Å². The van der Waals surface area contributed by atoms with Crippen molar-refractivity contribution < 1.29 is 29.0 Å². The average Bonchev–Trinajstić information content (AvgIpc) is 2.95. The quantitative estimate of drug-likeness (QED) is 0.794. The number of carboxylic acids is 1. The molecule has 0 radical (unpaired) electrons. The minimum Gasteiger partial charge on any atom is -0.497 e. The van der Waals surface area contributed by atoms with Gasteiger partial charge in [0.2, 0.25) is 11.8 Å². The number of nitrogens with zero attached hydrogens (tertiary/aromatic N) is 1. The summed E-state index contributed by atoms with van der Waals surface area (Å²) in [7, 11) is 3.01. The molecule has 1 heterocycles. The van der Waals surface area contributed by atoms with Crippen LogP contribution in [-0.4, -0.2) is 49.2 Å². The van der Waals surface area contributed by atoms with Gasteiger partial charge in [0.25, 0.3) is 0 Å². The second-order valence-corrected chi connectivity index (χ2v) is 6.36. The summed E-state index contributed by atoms with van der Waals surface area (Å²) in [5.74, 6) is -1.41. The van der Waals surface area contributed by atoms with E-state index in [0.717, 1.165) is 0 Å². The Morgan fingerprint density at radius 2 is 1.96 bits per heavy atom. The zero-order valence-electron chi connectivity index (χ0n) is 14.7. The molecule has 1 aromatic carbocycles. The Hall–Kier alpha value is -2.77. The molecule has 0 spiro atoms. The number of carbonyl (C=O) groups is 3. The molecule has 2 N–H and O–H groups in total. The summed E-state index contributed by atoms with van der Waals surface area (Å²) >= 11 is 0. The molecule has 136 valence electrons. The number of benzene rings is 1. The smallest absolute Gasteiger partial charge is 0.328 e. The Morgan fingerprint density at radius 1 is 1.28 bits per heavy atom. The fourth-order valence-electron chi connectivity index (χ4n) is 2.59. The van der Waals surface area contributed by atoms with Crippen molar-refractivity contribution in [1.82, 2.24) is 5.32 Å². The van der Waals surface area contributed by atoms with Crippen LogP contribution in [0.15, 0.2) is 18.2 Å². The monoisotopic (exact) mass is 350 g/mol. The lowest BCUT2D eigenvalue weighted by Gasteiger charge is -2.23. The number of rotatable bonds is 6. The van der Waals surface area contributed by atoms with Crippen LogP contribution in [-0.2, 0) is 14.4 Å². The molecule has 1 unspecified atom stereocenters. The summed E-state index contributed by atoms with van der Waals surface area (Å²) in [6, 6.07) is 5.05. The maximum Gasteiger partial charge on any atom is 0.328 e. The van der Waals surface area contributed by atoms with Crippen molar-refractivity contribution in [3.63, 3.8) is 0 Å². The van der Waals surface area contributed by atoms with Gasteiger partial charge in [-0.2, -0.15) is 0 Å². The number of nitrogens with one attached hydrogen (secondary N) is 1. The number of aliphatic carboxylic acids is 1. The predicted molar refractivity (Wildman–Crippen MR) is 89.9 cm³/mol. The van der Waals surface area contributed by atoms with Crippen LogP contribution in [0.2, 0.25) is 0 Å². The molecule has 0 bridgehead atoms. The van der Waals surface area contributed by atoms with Gasteiger partial charge in [-0.3, -0.25) is 9.59 Å². The maximum atomic E-state index is 12.4. The van der Waals surface area contributed by atoms with E-state index in [-0.39, 0.29) is 18.9 Å². The molecule has 0 aliphatic carbocycles. The van der Waals surface area contributed by atoms with Crippen molar-refractivity contribution in [3.05, 3.63) is 18.2 Å². The molecule has 25 heavy (non-hydrogen) atoms. The number of carbonyl (C=O) groups excluding carboxylic acids is 2. The third-order valence-electron chi connectivity index (χ3n) is 4.14. The largest absolute Gasteiger partial charge is 0.497 e. The van der Waals surface area contributed by atoms with Gasteiger partial charge in [0.05, 0.1) is 25.8 Å². The van der Waals surface area contributed by atoms with E-state index < -0.39 is 23.3 Å². The number of anilines is 1. The molecule has 0 saturated carbocycles. The van der Waals surface area contributed by atoms with Crippen molar-refractivity contribution >= 4 is 23.5 Å². The number of ether oxygens (including phenoxy) is 2. The summed E-state index contributed by atoms with van der Waals surface area (Å²) in [5.41, 5.74) is -0.855. The fourth-order valence-corrected chi connectivity index (χ4v) is 2.59. The van der Waals surface area contributed by atoms with Crippen LogP contribution in [0.5, 0.6) is 11.5 Å². The predicted octanol–water partition coefficient (Wildman–Crippen LogP) is 1.04. The van der Waals surface area contributed by atoms with Gasteiger partial charge in [-0.25, -0.2) is 4.79 Å². The minimum atomic E-state index is -1.40. The molecular weight excluding hydrogens is 328 g/mol. The third kappa shape index (κ3) is 3.84. The van der Waals surface area contributed by atoms with Crippen molar-refractivity contribution in [2.45, 2.75) is 25.8 Å². The van der Waals surface area contributed by atoms with Crippen LogP contribution in [0.25, 0.3) is 0 Å². The first-order chi connectivity index (χ1) is 11.7. The summed E-state index contributed by atoms with van der Waals surface area (Å²) in [6.07, 6.45) is 0.0106. The molecule has 1 aliphatic rings. The minimum absolute atomic E-state index is 0.0106. The highest BCUT2D eigenvalue weighted by atomic mass is 16.5. The molecule has 1 atom stereocenters. The Balaban J connectivity index is 2.18. The first-order valence-corrected chi connectivity index (χ1v) is 7.77. The molecule has 1 saturated heterocycles. The second kappa shape index (κ2) is 7.00. The lowest BCUT2D eigenvalue weighted by Crippen LogP contribution is -2.51. The van der Waals surface area contributed by atoms with Crippen molar-refractivity contribution in [1.29, 1.82) is 0 Å². The molecule has 1 aliphatic heterocycles. The fraction of sp³-hybridized carbons (Fsp3) is 0.471. The third-order valence-corrected chi connectivity index (χ3v) is 4.14. The first-order valence-electron chi connectivity index (χ1n) is 7.77. The lowest BCUT2D eigenvalue weighted by molar-refractivity contribution is -0.146. The van der Waals surface area contributed by atoms with Gasteiger partial charge < -0.3 is 24.8 Å². The van der Waals surface area contributed by atoms with Crippen molar-refractivity contribution in [2.24, 2.45) is 5.92 Å². The van der Waals surface area contributed by atoms with E-state index >= 15 is 0 Å². The Morgan fingerprint density at radius 3 is 2.52 bits per heavy atom. The van der Waals surface area contributed by atoms with Crippen LogP contribution in [0, 0.1) is 5.92 Å². The van der Waals surface area contributed by atoms with Crippen molar-refractivity contribution in [2.75, 3.05) is 25.7 Å². The number of hydrogen-bond acceptors (Lipinski definition) is 5. The summed E-state index contributed by atoms with van der Waals surface area (Å²) in [4.78, 5) is 37.3. The summed E-state index contributed by atoms with van der Waals surface area (Å²) in [6.45, 7) is 2.95. The Labute approximate surface area is 145 Å². The van der Waals surface area contributed by atoms with E-state index in [9.17, 15) is 14.4 Å². The summed E-state index contributed by atoms with van der Waals surface area (Å²) in [5, 5.41) is 11.6. The lowest BCUT2D eigenvalue weighted by atomic mass is 10.0. The van der Waals surface area contributed by atoms with E-state index in [1.807, 2.05) is 0 Å². The highest BCUT2D eigenvalue weighted by Crippen LogP contribution is 2.35. The highest BCUT2D eigenvalue weighted by Gasteiger charge is 2.39. The number of amides is 2. The number of hydrogen-bond donors (Lipinski definition) is 2. The average molecular weight is 350 g/mol. The van der Waals surface area contributed by atoms with Crippen LogP contribution in [0.4, 0.5) is 5.69 Å². The molecule has 0 aromatic heterocycles. The van der Waals surface area contributed by atoms with E-state index in [2.05, 4.69) is 5.32 Å². The van der Waals surface area contributed by atoms with Crippen LogP contribution >= 0.6 is 0 Å². The molecule has 8 heteroatoms. The normalized spacial score (nSPS) is 17.4. The molecule has 2 amide bonds. The SMILES string of the molecule is COc1ccc(N2CC(C(=O)NC(C)(C)C(=O)O)CC2=O)c(OC)c1. The standard InChI is InChI=1S/C17H22N2O6/c1-17(2,16(22)23)18-15(21)10-7-14(20)19(9-10)12-6-5-11(24-3)8-13(12)25-4/h5-6,8,10H,7,9H2,1-4H3,(H,18,21)(H,22,23). The highest BCUT2D eigenvalue weighted by molar-refractivity contribution is 6.02. The number of methoxy groups -OCH3 is 2. The zero-order valence-corrected chi connectivity index (χ0v) is 14.7. The molecular formula is C17H22N2O6. The van der Waals surface area contributed by atoms with Crippen LogP contribution < -0.4 is 19.7 Å². The van der Waals surface area contributed by atoms with Gasteiger partial charge >= 0.3 is 5.97 Å². The Kier molecular flexibility index (Phi) is 5.20. The van der Waals surface area contributed by atoms with Gasteiger partial charge in [0.1, 0.15) is 17.0 Å². The second-order valence-electron chi connectivity index (χ2n) is 6.36. The van der Waals surface area contributed by atoms with Gasteiger partial charge in [-0.1, -0.05) is 0 Å². The summed E-state index contributed by atoms with van der Waals surface area (Å²) < 4.78 is 10.4. The van der Waals surface area contributed by atoms with Crippen LogP contribution in [0.1, 0.15) is 20.3 Å². The molecule has 8 nitrogen and oxygen atoms in total. The molecule has 2 rings (SSSR count). The molecule has 1 aromatic rings. The topological polar surface area (TPSA) is 105 Å². The van der Waals surface area contributed by atoms with E-state index in [4.69, 9.17) is 14.6 Å². The Bertz CT molecular complexity index is 700. The van der Waals surface area contributed by atoms with Gasteiger partial charge in [0, 0.05) is 19.0 Å². The van der Waals surface area contributed by atoms with E-state index in [0.29, 0.717) is 17.2 Å². The van der Waals surface area contributed by atoms with Gasteiger partial charge in [-0.05, 0) is 26.0 Å². The zero-order chi connectivity index (χ0) is 18.8. The maximum absolute atomic E-state index is 12.4. The number of carboxylic acid groups (broad SMARTS) is 1. The van der Waals surface area contributed by atoms with Crippen molar-refractivity contribution in [3.8, 4) is 11.5 Å². The van der Waals surface area contributed by atoms with Crippen LogP contribution in [0.3, 0.4) is 0 Å². The van der Waals surface area contributed by atoms with Gasteiger partial charge in [0.15, 0.2) is 0 Å². The molecule has 1 fully saturated rings.